The van der Waals surface area contributed by atoms with Crippen molar-refractivity contribution in [3.63, 3.8) is 0 Å². The molecule has 0 spiro atoms. The normalized spacial score (nSPS) is 15.9. The minimum absolute atomic E-state index is 0.346. The second-order valence-corrected chi connectivity index (χ2v) is 5.92. The third kappa shape index (κ3) is 3.81. The van der Waals surface area contributed by atoms with Crippen LogP contribution in [0.1, 0.15) is 11.1 Å². The highest BCUT2D eigenvalue weighted by Gasteiger charge is 2.19. The summed E-state index contributed by atoms with van der Waals surface area (Å²) in [5, 5.41) is 19.2. The second-order valence-electron chi connectivity index (χ2n) is 5.08. The van der Waals surface area contributed by atoms with Gasteiger partial charge in [0.25, 0.3) is 0 Å². The Balaban J connectivity index is 1.60. The SMILES string of the molecule is Cc1cc(Cl)ccc1NC(=S)N/N=C/c1ccc2c(c1)[NH+]([O-])ON2. The van der Waals surface area contributed by atoms with Crippen LogP contribution < -0.4 is 21.4 Å². The van der Waals surface area contributed by atoms with Crippen molar-refractivity contribution >= 4 is 52.2 Å². The molecule has 0 aliphatic carbocycles. The molecule has 1 atom stereocenters. The van der Waals surface area contributed by atoms with Gasteiger partial charge in [0.2, 0.25) is 0 Å². The summed E-state index contributed by atoms with van der Waals surface area (Å²) >= 11 is 11.1. The summed E-state index contributed by atoms with van der Waals surface area (Å²) in [6.07, 6.45) is 1.56. The molecule has 0 bridgehead atoms. The van der Waals surface area contributed by atoms with Crippen LogP contribution in [0.25, 0.3) is 0 Å². The predicted molar refractivity (Wildman–Crippen MR) is 98.3 cm³/mol. The van der Waals surface area contributed by atoms with Crippen molar-refractivity contribution in [2.75, 3.05) is 10.8 Å². The van der Waals surface area contributed by atoms with Gasteiger partial charge in [-0.25, -0.2) is 5.48 Å². The summed E-state index contributed by atoms with van der Waals surface area (Å²) in [5.74, 6) is 0. The molecule has 9 heteroatoms. The first-order valence-corrected chi connectivity index (χ1v) is 7.79. The fourth-order valence-corrected chi connectivity index (χ4v) is 2.53. The average Bonchev–Trinajstić information content (AvgIpc) is 2.91. The molecule has 2 aromatic carbocycles. The third-order valence-corrected chi connectivity index (χ3v) is 3.76. The highest BCUT2D eigenvalue weighted by atomic mass is 35.5. The lowest BCUT2D eigenvalue weighted by Gasteiger charge is -2.10. The predicted octanol–water partition coefficient (Wildman–Crippen LogP) is 2.26. The van der Waals surface area contributed by atoms with Gasteiger partial charge in [-0.15, -0.1) is 0 Å². The maximum atomic E-state index is 11.5. The second kappa shape index (κ2) is 7.12. The first-order valence-electron chi connectivity index (χ1n) is 7.00. The summed E-state index contributed by atoms with van der Waals surface area (Å²) in [6, 6.07) is 10.7. The van der Waals surface area contributed by atoms with E-state index in [0.717, 1.165) is 16.8 Å². The Labute approximate surface area is 148 Å². The number of aryl methyl sites for hydroxylation is 1. The Morgan fingerprint density at radius 3 is 3.00 bits per heavy atom. The van der Waals surface area contributed by atoms with Gasteiger partial charge >= 0.3 is 0 Å². The number of fused-ring (bicyclic) bond motifs is 1. The van der Waals surface area contributed by atoms with Crippen LogP contribution in [0.2, 0.25) is 5.02 Å². The topological polar surface area (TPSA) is 85.2 Å². The van der Waals surface area contributed by atoms with Crippen molar-refractivity contribution in [2.45, 2.75) is 6.92 Å². The van der Waals surface area contributed by atoms with Crippen LogP contribution >= 0.6 is 23.8 Å². The lowest BCUT2D eigenvalue weighted by atomic mass is 10.2. The van der Waals surface area contributed by atoms with E-state index in [1.165, 1.54) is 0 Å². The van der Waals surface area contributed by atoms with Crippen molar-refractivity contribution in [3.05, 3.63) is 57.8 Å². The number of benzene rings is 2. The molecule has 4 N–H and O–H groups in total. The van der Waals surface area contributed by atoms with Crippen LogP contribution in [0.3, 0.4) is 0 Å². The molecule has 3 rings (SSSR count). The van der Waals surface area contributed by atoms with Gasteiger partial charge in [-0.1, -0.05) is 22.6 Å². The van der Waals surface area contributed by atoms with Gasteiger partial charge < -0.3 is 10.5 Å². The van der Waals surface area contributed by atoms with E-state index in [4.69, 9.17) is 28.8 Å². The molecule has 0 aromatic heterocycles. The Bertz CT molecular complexity index is 814. The van der Waals surface area contributed by atoms with Crippen LogP contribution in [-0.2, 0) is 4.94 Å². The van der Waals surface area contributed by atoms with E-state index >= 15 is 0 Å². The molecular weight excluding hydrogens is 350 g/mol. The maximum absolute atomic E-state index is 11.5. The lowest BCUT2D eigenvalue weighted by Crippen LogP contribution is -2.99. The third-order valence-electron chi connectivity index (χ3n) is 3.33. The van der Waals surface area contributed by atoms with Crippen molar-refractivity contribution in [3.8, 4) is 0 Å². The van der Waals surface area contributed by atoms with Crippen molar-refractivity contribution < 1.29 is 10.2 Å². The lowest BCUT2D eigenvalue weighted by molar-refractivity contribution is -0.984. The van der Waals surface area contributed by atoms with E-state index in [9.17, 15) is 5.21 Å². The Kier molecular flexibility index (Phi) is 4.93. The molecule has 7 nitrogen and oxygen atoms in total. The van der Waals surface area contributed by atoms with Gasteiger partial charge in [-0.2, -0.15) is 10.3 Å². The zero-order valence-corrected chi connectivity index (χ0v) is 14.2. The van der Waals surface area contributed by atoms with E-state index < -0.39 is 5.23 Å². The molecule has 1 heterocycles. The number of rotatable bonds is 3. The fraction of sp³-hybridized carbons (Fsp3) is 0.0667. The van der Waals surface area contributed by atoms with E-state index in [0.29, 0.717) is 21.5 Å². The summed E-state index contributed by atoms with van der Waals surface area (Å²) < 4.78 is 0. The number of hydrogen-bond acceptors (Lipinski definition) is 5. The van der Waals surface area contributed by atoms with Gasteiger partial charge in [0.1, 0.15) is 5.69 Å². The van der Waals surface area contributed by atoms with Crippen LogP contribution in [0.5, 0.6) is 0 Å². The van der Waals surface area contributed by atoms with Gasteiger partial charge in [-0.3, -0.25) is 5.43 Å². The molecule has 0 radical (unpaired) electrons. The van der Waals surface area contributed by atoms with Crippen molar-refractivity contribution in [1.82, 2.24) is 5.43 Å². The molecule has 124 valence electrons. The van der Waals surface area contributed by atoms with Gasteiger partial charge in [0.05, 0.1) is 6.21 Å². The van der Waals surface area contributed by atoms with Gasteiger partial charge in [-0.05, 0) is 49.0 Å². The summed E-state index contributed by atoms with van der Waals surface area (Å²) in [6.45, 7) is 1.93. The van der Waals surface area contributed by atoms with E-state index in [1.807, 2.05) is 19.1 Å². The number of hydrazone groups is 1. The molecule has 0 saturated heterocycles. The largest absolute Gasteiger partial charge is 0.593 e. The molecular formula is C15H14ClN5O2S. The Morgan fingerprint density at radius 1 is 1.38 bits per heavy atom. The number of quaternary nitrogens is 1. The monoisotopic (exact) mass is 363 g/mol. The fourth-order valence-electron chi connectivity index (χ4n) is 2.14. The molecule has 24 heavy (non-hydrogen) atoms. The smallest absolute Gasteiger partial charge is 0.192 e. The van der Waals surface area contributed by atoms with Gasteiger partial charge in [0.15, 0.2) is 10.8 Å². The highest BCUT2D eigenvalue weighted by molar-refractivity contribution is 7.80. The molecule has 0 fully saturated rings. The van der Waals surface area contributed by atoms with E-state index in [2.05, 4.69) is 21.3 Å². The molecule has 1 unspecified atom stereocenters. The molecule has 1 aliphatic heterocycles. The van der Waals surface area contributed by atoms with E-state index in [-0.39, 0.29) is 0 Å². The minimum Gasteiger partial charge on any atom is -0.593 e. The molecule has 2 aromatic rings. The average molecular weight is 364 g/mol. The number of thiocarbonyl (C=S) groups is 1. The van der Waals surface area contributed by atoms with Crippen LogP contribution in [0, 0.1) is 12.1 Å². The summed E-state index contributed by atoms with van der Waals surface area (Å²) in [4.78, 5) is 4.72. The quantitative estimate of drug-likeness (QED) is 0.290. The summed E-state index contributed by atoms with van der Waals surface area (Å²) in [5.41, 5.74) is 8.93. The van der Waals surface area contributed by atoms with E-state index in [1.54, 1.807) is 30.5 Å². The minimum atomic E-state index is -0.413. The number of halogens is 1. The summed E-state index contributed by atoms with van der Waals surface area (Å²) in [7, 11) is 0. The maximum Gasteiger partial charge on any atom is 0.192 e. The number of anilines is 2. The number of nitrogens with zero attached hydrogens (tertiary/aromatic N) is 1. The van der Waals surface area contributed by atoms with Crippen LogP contribution in [-0.4, -0.2) is 11.3 Å². The van der Waals surface area contributed by atoms with Crippen molar-refractivity contribution in [1.29, 1.82) is 0 Å². The molecule has 0 amide bonds. The first-order chi connectivity index (χ1) is 11.5. The Hall–Kier alpha value is -2.23. The van der Waals surface area contributed by atoms with Gasteiger partial charge in [0, 0.05) is 22.3 Å². The van der Waals surface area contributed by atoms with Crippen molar-refractivity contribution in [2.24, 2.45) is 5.10 Å². The number of hydrogen-bond donors (Lipinski definition) is 4. The van der Waals surface area contributed by atoms with Crippen LogP contribution in [0.4, 0.5) is 17.1 Å². The zero-order valence-electron chi connectivity index (χ0n) is 12.6. The zero-order chi connectivity index (χ0) is 17.1. The first kappa shape index (κ1) is 16.6. The molecule has 0 saturated carbocycles. The molecule has 1 aliphatic rings. The highest BCUT2D eigenvalue weighted by Crippen LogP contribution is 2.22. The number of nitrogens with one attached hydrogen (secondary N) is 4. The standard InChI is InChI=1S/C15H14ClN5O2S/c1-9-6-11(16)3-5-12(9)18-15(24)19-17-8-10-2-4-13-14(7-10)21(22)23-20-13/h2-8,20-21H,1H3,(H2,18,19,24)/b17-8+. The van der Waals surface area contributed by atoms with Crippen LogP contribution in [0.15, 0.2) is 41.5 Å². The Morgan fingerprint density at radius 2 is 2.21 bits per heavy atom.